The van der Waals surface area contributed by atoms with Gasteiger partial charge in [-0.2, -0.15) is 4.31 Å². The van der Waals surface area contributed by atoms with E-state index in [1.54, 1.807) is 11.9 Å². The first kappa shape index (κ1) is 20.3. The number of likely N-dealkylation sites (N-methyl/N-ethyl adjacent to an activating group) is 1. The molecule has 0 aliphatic carbocycles. The zero-order chi connectivity index (χ0) is 17.0. The van der Waals surface area contributed by atoms with Crippen molar-refractivity contribution in [2.24, 2.45) is 0 Å². The number of non-ortho nitro benzene ring substituents is 1. The zero-order valence-electron chi connectivity index (χ0n) is 13.0. The van der Waals surface area contributed by atoms with Gasteiger partial charge in [-0.15, -0.1) is 12.4 Å². The Labute approximate surface area is 146 Å². The van der Waals surface area contributed by atoms with Crippen LogP contribution in [0.2, 0.25) is 0 Å². The van der Waals surface area contributed by atoms with Crippen LogP contribution in [0.3, 0.4) is 0 Å². The maximum absolute atomic E-state index is 12.6. The molecular formula is C13H19ClN4O5S. The Morgan fingerprint density at radius 1 is 1.29 bits per heavy atom. The number of nitro groups is 1. The van der Waals surface area contributed by atoms with Gasteiger partial charge in [0.2, 0.25) is 15.9 Å². The molecule has 0 bridgehead atoms. The number of carbonyl (C=O) groups excluding carboxylic acids is 1. The summed E-state index contributed by atoms with van der Waals surface area (Å²) in [5.74, 6) is -0.0834. The highest BCUT2D eigenvalue weighted by atomic mass is 35.5. The number of piperazine rings is 1. The van der Waals surface area contributed by atoms with E-state index in [9.17, 15) is 23.3 Å². The van der Waals surface area contributed by atoms with E-state index in [2.05, 4.69) is 5.32 Å². The number of halogens is 1. The summed E-state index contributed by atoms with van der Waals surface area (Å²) in [6.07, 6.45) is 0. The second-order valence-corrected chi connectivity index (χ2v) is 7.01. The number of rotatable bonds is 5. The minimum Gasteiger partial charge on any atom is -0.339 e. The molecule has 0 atom stereocenters. The molecule has 1 aliphatic heterocycles. The van der Waals surface area contributed by atoms with E-state index in [0.29, 0.717) is 13.1 Å². The summed E-state index contributed by atoms with van der Waals surface area (Å²) in [7, 11) is -2.14. The molecule has 0 spiro atoms. The number of carbonyl (C=O) groups is 1. The minimum atomic E-state index is -3.80. The number of hydrogen-bond donors (Lipinski definition) is 1. The Bertz CT molecular complexity index is 704. The van der Waals surface area contributed by atoms with Gasteiger partial charge in [0.25, 0.3) is 5.69 Å². The predicted octanol–water partition coefficient (Wildman–Crippen LogP) is 0.0689. The largest absolute Gasteiger partial charge is 0.339 e. The molecule has 24 heavy (non-hydrogen) atoms. The van der Waals surface area contributed by atoms with Crippen molar-refractivity contribution in [3.05, 3.63) is 34.4 Å². The third kappa shape index (κ3) is 4.41. The van der Waals surface area contributed by atoms with Crippen LogP contribution in [-0.2, 0) is 14.8 Å². The molecule has 9 nitrogen and oxygen atoms in total. The van der Waals surface area contributed by atoms with Crippen LogP contribution in [0.5, 0.6) is 0 Å². The van der Waals surface area contributed by atoms with Gasteiger partial charge >= 0.3 is 0 Å². The van der Waals surface area contributed by atoms with Gasteiger partial charge in [-0.05, 0) is 13.1 Å². The third-order valence-electron chi connectivity index (χ3n) is 3.59. The summed E-state index contributed by atoms with van der Waals surface area (Å²) < 4.78 is 26.3. The van der Waals surface area contributed by atoms with Crippen molar-refractivity contribution in [1.29, 1.82) is 0 Å². The molecule has 0 radical (unpaired) electrons. The first-order chi connectivity index (χ1) is 10.9. The van der Waals surface area contributed by atoms with Gasteiger partial charge in [0.15, 0.2) is 0 Å². The van der Waals surface area contributed by atoms with E-state index in [4.69, 9.17) is 0 Å². The molecule has 1 aromatic carbocycles. The van der Waals surface area contributed by atoms with Crippen molar-refractivity contribution < 1.29 is 18.1 Å². The summed E-state index contributed by atoms with van der Waals surface area (Å²) in [6.45, 7) is 1.14. The SMILES string of the molecule is CNCC(=O)N1CCN(S(=O)(=O)c2cccc([N+](=O)[O-])c2)CC1.Cl. The van der Waals surface area contributed by atoms with Crippen molar-refractivity contribution in [2.45, 2.75) is 4.90 Å². The Morgan fingerprint density at radius 3 is 2.46 bits per heavy atom. The van der Waals surface area contributed by atoms with E-state index in [1.807, 2.05) is 0 Å². The molecular weight excluding hydrogens is 360 g/mol. The van der Waals surface area contributed by atoms with Gasteiger partial charge in [0.1, 0.15) is 0 Å². The van der Waals surface area contributed by atoms with Gasteiger partial charge in [-0.1, -0.05) is 6.07 Å². The van der Waals surface area contributed by atoms with Gasteiger partial charge in [0.05, 0.1) is 16.4 Å². The Hall–Kier alpha value is -1.75. The lowest BCUT2D eigenvalue weighted by atomic mass is 10.3. The van der Waals surface area contributed by atoms with Crippen molar-refractivity contribution in [2.75, 3.05) is 39.8 Å². The highest BCUT2D eigenvalue weighted by molar-refractivity contribution is 7.89. The maximum atomic E-state index is 12.6. The smallest absolute Gasteiger partial charge is 0.270 e. The maximum Gasteiger partial charge on any atom is 0.270 e. The van der Waals surface area contributed by atoms with E-state index in [1.165, 1.54) is 22.5 Å². The molecule has 1 amide bonds. The summed E-state index contributed by atoms with van der Waals surface area (Å²) >= 11 is 0. The standard InChI is InChI=1S/C13H18N4O5S.ClH/c1-14-10-13(18)15-5-7-16(8-6-15)23(21,22)12-4-2-3-11(9-12)17(19)20;/h2-4,9,14H,5-8,10H2,1H3;1H. The highest BCUT2D eigenvalue weighted by Gasteiger charge is 2.30. The molecule has 0 unspecified atom stereocenters. The quantitative estimate of drug-likeness (QED) is 0.573. The summed E-state index contributed by atoms with van der Waals surface area (Å²) in [6, 6.07) is 4.97. The number of hydrogen-bond acceptors (Lipinski definition) is 6. The molecule has 134 valence electrons. The topological polar surface area (TPSA) is 113 Å². The fourth-order valence-electron chi connectivity index (χ4n) is 2.35. The number of nitrogens with zero attached hydrogens (tertiary/aromatic N) is 3. The Morgan fingerprint density at radius 2 is 1.92 bits per heavy atom. The fraction of sp³-hybridized carbons (Fsp3) is 0.462. The summed E-state index contributed by atoms with van der Waals surface area (Å²) in [4.78, 5) is 23.4. The van der Waals surface area contributed by atoms with Crippen LogP contribution >= 0.6 is 12.4 Å². The molecule has 2 rings (SSSR count). The lowest BCUT2D eigenvalue weighted by Crippen LogP contribution is -2.52. The number of nitro benzene ring substituents is 1. The monoisotopic (exact) mass is 378 g/mol. The van der Waals surface area contributed by atoms with Gasteiger partial charge < -0.3 is 10.2 Å². The second-order valence-electron chi connectivity index (χ2n) is 5.07. The molecule has 1 aromatic rings. The number of amides is 1. The average molecular weight is 379 g/mol. The van der Waals surface area contributed by atoms with E-state index < -0.39 is 14.9 Å². The first-order valence-corrected chi connectivity index (χ1v) is 8.47. The number of benzene rings is 1. The number of nitrogens with one attached hydrogen (secondary N) is 1. The zero-order valence-corrected chi connectivity index (χ0v) is 14.7. The number of sulfonamides is 1. The van der Waals surface area contributed by atoms with Crippen LogP contribution in [0.15, 0.2) is 29.2 Å². The predicted molar refractivity (Wildman–Crippen MR) is 89.6 cm³/mol. The molecule has 1 fully saturated rings. The molecule has 1 saturated heterocycles. The highest BCUT2D eigenvalue weighted by Crippen LogP contribution is 2.22. The van der Waals surface area contributed by atoms with Gasteiger partial charge in [-0.3, -0.25) is 14.9 Å². The van der Waals surface area contributed by atoms with Crippen molar-refractivity contribution in [3.8, 4) is 0 Å². The third-order valence-corrected chi connectivity index (χ3v) is 5.48. The van der Waals surface area contributed by atoms with Crippen LogP contribution < -0.4 is 5.32 Å². The molecule has 11 heteroatoms. The first-order valence-electron chi connectivity index (χ1n) is 7.03. The summed E-state index contributed by atoms with van der Waals surface area (Å²) in [5, 5.41) is 13.5. The molecule has 1 aliphatic rings. The normalized spacial score (nSPS) is 15.6. The van der Waals surface area contributed by atoms with E-state index >= 15 is 0 Å². The Balaban J connectivity index is 0.00000288. The average Bonchev–Trinajstić information content (AvgIpc) is 2.55. The Kier molecular flexibility index (Phi) is 7.08. The molecule has 1 heterocycles. The molecule has 0 aromatic heterocycles. The van der Waals surface area contributed by atoms with Crippen molar-refractivity contribution in [3.63, 3.8) is 0 Å². The van der Waals surface area contributed by atoms with Crippen LogP contribution in [0.1, 0.15) is 0 Å². The van der Waals surface area contributed by atoms with Crippen LogP contribution in [0.4, 0.5) is 5.69 Å². The molecule has 0 saturated carbocycles. The summed E-state index contributed by atoms with van der Waals surface area (Å²) in [5.41, 5.74) is -0.270. The molecule has 1 N–H and O–H groups in total. The fourth-order valence-corrected chi connectivity index (χ4v) is 3.81. The van der Waals surface area contributed by atoms with Crippen molar-refractivity contribution in [1.82, 2.24) is 14.5 Å². The van der Waals surface area contributed by atoms with Crippen LogP contribution in [-0.4, -0.2) is 68.2 Å². The van der Waals surface area contributed by atoms with Crippen LogP contribution in [0.25, 0.3) is 0 Å². The van der Waals surface area contributed by atoms with Gasteiger partial charge in [0, 0.05) is 38.3 Å². The minimum absolute atomic E-state index is 0. The second kappa shape index (κ2) is 8.38. The van der Waals surface area contributed by atoms with Crippen LogP contribution in [0, 0.1) is 10.1 Å². The lowest BCUT2D eigenvalue weighted by Gasteiger charge is -2.34. The lowest BCUT2D eigenvalue weighted by molar-refractivity contribution is -0.385. The van der Waals surface area contributed by atoms with Gasteiger partial charge in [-0.25, -0.2) is 8.42 Å². The van der Waals surface area contributed by atoms with Crippen molar-refractivity contribution >= 4 is 34.0 Å². The van der Waals surface area contributed by atoms with E-state index in [-0.39, 0.29) is 48.5 Å². The van der Waals surface area contributed by atoms with E-state index in [0.717, 1.165) is 6.07 Å².